The highest BCUT2D eigenvalue weighted by molar-refractivity contribution is 5.84. The monoisotopic (exact) mass is 295 g/mol. The molecule has 2 N–H and O–H groups in total. The third kappa shape index (κ3) is 6.87. The minimum absolute atomic E-state index is 0.180. The maximum Gasteiger partial charge on any atom is 0.326 e. The zero-order valence-electron chi connectivity index (χ0n) is 12.3. The summed E-state index contributed by atoms with van der Waals surface area (Å²) in [6, 6.07) is 6.56. The molecule has 0 heterocycles. The van der Waals surface area contributed by atoms with Crippen molar-refractivity contribution in [1.82, 2.24) is 5.32 Å². The Bertz CT molecular complexity index is 475. The number of aryl methyl sites for hydroxylation is 1. The number of methoxy groups -OCH3 is 1. The fourth-order valence-electron chi connectivity index (χ4n) is 1.82. The van der Waals surface area contributed by atoms with E-state index in [4.69, 9.17) is 9.47 Å². The van der Waals surface area contributed by atoms with Gasteiger partial charge in [-0.1, -0.05) is 29.8 Å². The molecule has 6 nitrogen and oxygen atoms in total. The maximum atomic E-state index is 11.6. The second-order valence-electron chi connectivity index (χ2n) is 4.70. The first-order valence-electron chi connectivity index (χ1n) is 6.67. The van der Waals surface area contributed by atoms with Gasteiger partial charge >= 0.3 is 5.97 Å². The van der Waals surface area contributed by atoms with E-state index in [0.717, 1.165) is 11.1 Å². The Kier molecular flexibility index (Phi) is 7.42. The Hall–Kier alpha value is -1.92. The minimum atomic E-state index is -1.07. The van der Waals surface area contributed by atoms with Crippen LogP contribution in [0.3, 0.4) is 0 Å². The number of benzene rings is 1. The van der Waals surface area contributed by atoms with Crippen molar-refractivity contribution in [3.63, 3.8) is 0 Å². The summed E-state index contributed by atoms with van der Waals surface area (Å²) in [5, 5.41) is 11.6. The molecule has 0 spiro atoms. The number of hydrogen-bond donors (Lipinski definition) is 2. The summed E-state index contributed by atoms with van der Waals surface area (Å²) in [7, 11) is 1.53. The smallest absolute Gasteiger partial charge is 0.326 e. The van der Waals surface area contributed by atoms with Crippen LogP contribution in [0.4, 0.5) is 0 Å². The molecule has 0 aliphatic heterocycles. The van der Waals surface area contributed by atoms with Crippen molar-refractivity contribution in [3.05, 3.63) is 35.4 Å². The van der Waals surface area contributed by atoms with E-state index in [9.17, 15) is 14.7 Å². The number of carboxylic acid groups (broad SMARTS) is 1. The first-order valence-corrected chi connectivity index (χ1v) is 6.67. The fraction of sp³-hybridized carbons (Fsp3) is 0.467. The lowest BCUT2D eigenvalue weighted by Gasteiger charge is -2.15. The van der Waals surface area contributed by atoms with E-state index >= 15 is 0 Å². The predicted molar refractivity (Wildman–Crippen MR) is 77.1 cm³/mol. The molecular weight excluding hydrogens is 274 g/mol. The molecule has 0 fully saturated rings. The van der Waals surface area contributed by atoms with Gasteiger partial charge < -0.3 is 19.9 Å². The predicted octanol–water partition coefficient (Wildman–Crippen LogP) is 0.770. The van der Waals surface area contributed by atoms with Gasteiger partial charge in [-0.05, 0) is 12.5 Å². The second kappa shape index (κ2) is 9.10. The molecule has 116 valence electrons. The van der Waals surface area contributed by atoms with E-state index in [1.807, 2.05) is 31.2 Å². The van der Waals surface area contributed by atoms with Gasteiger partial charge in [-0.2, -0.15) is 0 Å². The standard InChI is InChI=1S/C15H21NO5/c1-11-4-3-5-12(8-11)9-13(15(18)19)16-14(17)10-21-7-6-20-2/h3-5,8,13H,6-7,9-10H2,1-2H3,(H,16,17)(H,18,19)/t13-/m0/s1. The topological polar surface area (TPSA) is 84.9 Å². The zero-order valence-corrected chi connectivity index (χ0v) is 12.3. The molecule has 6 heteroatoms. The Labute approximate surface area is 124 Å². The number of rotatable bonds is 9. The van der Waals surface area contributed by atoms with Crippen LogP contribution in [0.2, 0.25) is 0 Å². The Morgan fingerprint density at radius 2 is 2.10 bits per heavy atom. The van der Waals surface area contributed by atoms with Gasteiger partial charge in [0.15, 0.2) is 0 Å². The SMILES string of the molecule is COCCOCC(=O)N[C@@H](Cc1cccc(C)c1)C(=O)O. The van der Waals surface area contributed by atoms with Gasteiger partial charge in [0.05, 0.1) is 13.2 Å². The van der Waals surface area contributed by atoms with E-state index in [-0.39, 0.29) is 13.0 Å². The number of carboxylic acids is 1. The van der Waals surface area contributed by atoms with Crippen molar-refractivity contribution in [1.29, 1.82) is 0 Å². The molecule has 0 aliphatic rings. The van der Waals surface area contributed by atoms with Crippen LogP contribution in [0.1, 0.15) is 11.1 Å². The first-order chi connectivity index (χ1) is 10.0. The molecular formula is C15H21NO5. The molecule has 0 saturated heterocycles. The molecule has 0 saturated carbocycles. The molecule has 0 radical (unpaired) electrons. The lowest BCUT2D eigenvalue weighted by molar-refractivity contribution is -0.142. The van der Waals surface area contributed by atoms with Gasteiger partial charge in [0.2, 0.25) is 5.91 Å². The Balaban J connectivity index is 2.50. The number of carbonyl (C=O) groups excluding carboxylic acids is 1. The van der Waals surface area contributed by atoms with Crippen molar-refractivity contribution in [2.75, 3.05) is 26.9 Å². The summed E-state index contributed by atoms with van der Waals surface area (Å²) in [4.78, 5) is 22.9. The highest BCUT2D eigenvalue weighted by Gasteiger charge is 2.20. The molecule has 1 rings (SSSR count). The first kappa shape index (κ1) is 17.1. The normalized spacial score (nSPS) is 11.9. The van der Waals surface area contributed by atoms with E-state index in [2.05, 4.69) is 5.32 Å². The molecule has 0 unspecified atom stereocenters. The van der Waals surface area contributed by atoms with E-state index in [1.165, 1.54) is 7.11 Å². The number of nitrogens with one attached hydrogen (secondary N) is 1. The summed E-state index contributed by atoms with van der Waals surface area (Å²) in [6.45, 7) is 2.43. The van der Waals surface area contributed by atoms with Gasteiger partial charge in [-0.15, -0.1) is 0 Å². The minimum Gasteiger partial charge on any atom is -0.480 e. The van der Waals surface area contributed by atoms with Gasteiger partial charge in [-0.25, -0.2) is 4.79 Å². The lowest BCUT2D eigenvalue weighted by Crippen LogP contribution is -2.44. The quantitative estimate of drug-likeness (QED) is 0.657. The molecule has 1 atom stereocenters. The third-order valence-electron chi connectivity index (χ3n) is 2.82. The van der Waals surface area contributed by atoms with Crippen LogP contribution in [-0.2, 0) is 25.5 Å². The van der Waals surface area contributed by atoms with Crippen molar-refractivity contribution in [2.24, 2.45) is 0 Å². The van der Waals surface area contributed by atoms with Gasteiger partial charge in [0.25, 0.3) is 0 Å². The van der Waals surface area contributed by atoms with Crippen LogP contribution in [0.25, 0.3) is 0 Å². The van der Waals surface area contributed by atoms with Crippen LogP contribution >= 0.6 is 0 Å². The molecule has 0 aromatic heterocycles. The summed E-state index contributed by atoms with van der Waals surface area (Å²) >= 11 is 0. The average Bonchev–Trinajstić information content (AvgIpc) is 2.43. The highest BCUT2D eigenvalue weighted by atomic mass is 16.5. The van der Waals surface area contributed by atoms with Crippen LogP contribution in [0.5, 0.6) is 0 Å². The van der Waals surface area contributed by atoms with Crippen LogP contribution < -0.4 is 5.32 Å². The summed E-state index contributed by atoms with van der Waals surface area (Å²) < 4.78 is 9.84. The summed E-state index contributed by atoms with van der Waals surface area (Å²) in [6.07, 6.45) is 0.237. The number of ether oxygens (including phenoxy) is 2. The number of amides is 1. The molecule has 1 aromatic rings. The van der Waals surface area contributed by atoms with Crippen LogP contribution in [-0.4, -0.2) is 50.0 Å². The molecule has 1 amide bonds. The van der Waals surface area contributed by atoms with Gasteiger partial charge in [0.1, 0.15) is 12.6 Å². The molecule has 21 heavy (non-hydrogen) atoms. The van der Waals surface area contributed by atoms with Crippen LogP contribution in [0.15, 0.2) is 24.3 Å². The van der Waals surface area contributed by atoms with E-state index in [1.54, 1.807) is 0 Å². The summed E-state index contributed by atoms with van der Waals surface area (Å²) in [5.74, 6) is -1.52. The molecule has 0 bridgehead atoms. The second-order valence-corrected chi connectivity index (χ2v) is 4.70. The van der Waals surface area contributed by atoms with Gasteiger partial charge in [0, 0.05) is 13.5 Å². The number of hydrogen-bond acceptors (Lipinski definition) is 4. The van der Waals surface area contributed by atoms with Crippen molar-refractivity contribution in [3.8, 4) is 0 Å². The van der Waals surface area contributed by atoms with Gasteiger partial charge in [-0.3, -0.25) is 4.79 Å². The molecule has 1 aromatic carbocycles. The average molecular weight is 295 g/mol. The maximum absolute atomic E-state index is 11.6. The third-order valence-corrected chi connectivity index (χ3v) is 2.82. The van der Waals surface area contributed by atoms with Crippen molar-refractivity contribution >= 4 is 11.9 Å². The van der Waals surface area contributed by atoms with E-state index in [0.29, 0.717) is 13.2 Å². The van der Waals surface area contributed by atoms with Crippen molar-refractivity contribution in [2.45, 2.75) is 19.4 Å². The molecule has 0 aliphatic carbocycles. The van der Waals surface area contributed by atoms with Crippen molar-refractivity contribution < 1.29 is 24.2 Å². The highest BCUT2D eigenvalue weighted by Crippen LogP contribution is 2.07. The number of carbonyl (C=O) groups is 2. The largest absolute Gasteiger partial charge is 0.480 e. The zero-order chi connectivity index (χ0) is 15.7. The lowest BCUT2D eigenvalue weighted by atomic mass is 10.0. The Morgan fingerprint density at radius 3 is 2.71 bits per heavy atom. The fourth-order valence-corrected chi connectivity index (χ4v) is 1.82. The van der Waals surface area contributed by atoms with E-state index < -0.39 is 17.9 Å². The van der Waals surface area contributed by atoms with Crippen LogP contribution in [0, 0.1) is 6.92 Å². The summed E-state index contributed by atoms with van der Waals surface area (Å²) in [5.41, 5.74) is 1.91. The number of aliphatic carboxylic acids is 1. The Morgan fingerprint density at radius 1 is 1.33 bits per heavy atom.